The quantitative estimate of drug-likeness (QED) is 0.448. The van der Waals surface area contributed by atoms with E-state index in [4.69, 9.17) is 25.8 Å². The number of rotatable bonds is 6. The zero-order valence-corrected chi connectivity index (χ0v) is 16.1. The highest BCUT2D eigenvalue weighted by atomic mass is 35.5. The number of aryl methyl sites for hydroxylation is 1. The Balaban J connectivity index is 2.41. The van der Waals surface area contributed by atoms with Crippen molar-refractivity contribution in [2.24, 2.45) is 0 Å². The fourth-order valence-corrected chi connectivity index (χ4v) is 2.76. The molecule has 0 aromatic heterocycles. The molecule has 0 fully saturated rings. The number of carbonyl (C=O) groups excluding carboxylic acids is 1. The molecule has 2 rings (SSSR count). The fraction of sp³-hybridized carbons (Fsp3) is 0.316. The Kier molecular flexibility index (Phi) is 7.01. The van der Waals surface area contributed by atoms with Crippen molar-refractivity contribution in [1.29, 1.82) is 0 Å². The molecule has 2 aromatic carbocycles. The third kappa shape index (κ3) is 5.01. The van der Waals surface area contributed by atoms with Crippen LogP contribution in [0.2, 0.25) is 5.02 Å². The van der Waals surface area contributed by atoms with Gasteiger partial charge in [0.2, 0.25) is 0 Å². The molecule has 152 valence electrons. The molecule has 0 unspecified atom stereocenters. The van der Waals surface area contributed by atoms with Gasteiger partial charge in [-0.05, 0) is 36.2 Å². The maximum absolute atomic E-state index is 13.4. The number of ether oxygens (including phenoxy) is 4. The van der Waals surface area contributed by atoms with Crippen LogP contribution in [-0.4, -0.2) is 20.4 Å². The van der Waals surface area contributed by atoms with Crippen molar-refractivity contribution in [3.8, 4) is 17.2 Å². The molecule has 0 bridgehead atoms. The summed E-state index contributed by atoms with van der Waals surface area (Å²) in [5.41, 5.74) is -0.355. The van der Waals surface area contributed by atoms with Crippen molar-refractivity contribution in [3.63, 3.8) is 0 Å². The van der Waals surface area contributed by atoms with Crippen LogP contribution in [0.5, 0.6) is 17.2 Å². The molecule has 0 amide bonds. The van der Waals surface area contributed by atoms with Gasteiger partial charge in [-0.1, -0.05) is 24.6 Å². The molecular formula is C19H18ClF3O5. The van der Waals surface area contributed by atoms with Crippen molar-refractivity contribution in [1.82, 2.24) is 0 Å². The first kappa shape index (κ1) is 21.7. The third-order valence-corrected chi connectivity index (χ3v) is 4.23. The number of hydrogen-bond donors (Lipinski definition) is 0. The smallest absolute Gasteiger partial charge is 0.496 e. The normalized spacial score (nSPS) is 11.1. The molecule has 2 aromatic rings. The van der Waals surface area contributed by atoms with E-state index in [0.29, 0.717) is 12.0 Å². The highest BCUT2D eigenvalue weighted by Crippen LogP contribution is 2.40. The molecule has 9 heteroatoms. The van der Waals surface area contributed by atoms with Crippen LogP contribution in [0.4, 0.5) is 18.0 Å². The zero-order chi connectivity index (χ0) is 20.9. The molecule has 0 atom stereocenters. The first-order valence-corrected chi connectivity index (χ1v) is 8.53. The molecule has 0 N–H and O–H groups in total. The number of benzene rings is 2. The van der Waals surface area contributed by atoms with Gasteiger partial charge < -0.3 is 18.9 Å². The third-order valence-electron chi connectivity index (χ3n) is 3.88. The second kappa shape index (κ2) is 9.05. The maximum Gasteiger partial charge on any atom is 0.513 e. The lowest BCUT2D eigenvalue weighted by atomic mass is 10.1. The van der Waals surface area contributed by atoms with Crippen molar-refractivity contribution < 1.29 is 36.9 Å². The standard InChI is InChI=1S/C19H18ClF3O5/c1-4-11-8-13(19(21,22)23)17(9-14(11)20)27-10-12-15(25-2)6-5-7-16(12)28-18(24)26-3/h5-9H,4,10H2,1-3H3. The van der Waals surface area contributed by atoms with E-state index in [1.807, 2.05) is 0 Å². The highest BCUT2D eigenvalue weighted by molar-refractivity contribution is 6.31. The summed E-state index contributed by atoms with van der Waals surface area (Å²) in [5, 5.41) is 0.163. The van der Waals surface area contributed by atoms with Crippen molar-refractivity contribution >= 4 is 17.8 Å². The summed E-state index contributed by atoms with van der Waals surface area (Å²) in [6.45, 7) is 1.34. The largest absolute Gasteiger partial charge is 0.513 e. The Morgan fingerprint density at radius 2 is 1.79 bits per heavy atom. The van der Waals surface area contributed by atoms with Gasteiger partial charge in [0.15, 0.2) is 0 Å². The van der Waals surface area contributed by atoms with E-state index in [9.17, 15) is 18.0 Å². The lowest BCUT2D eigenvalue weighted by Gasteiger charge is -2.18. The Hall–Kier alpha value is -2.61. The summed E-state index contributed by atoms with van der Waals surface area (Å²) in [6, 6.07) is 6.64. The van der Waals surface area contributed by atoms with Gasteiger partial charge in [0.1, 0.15) is 23.9 Å². The van der Waals surface area contributed by atoms with Crippen molar-refractivity contribution in [2.45, 2.75) is 26.1 Å². The van der Waals surface area contributed by atoms with Gasteiger partial charge in [-0.25, -0.2) is 4.79 Å². The summed E-state index contributed by atoms with van der Waals surface area (Å²) in [4.78, 5) is 11.4. The van der Waals surface area contributed by atoms with Crippen molar-refractivity contribution in [3.05, 3.63) is 52.0 Å². The molecule has 0 aliphatic carbocycles. The summed E-state index contributed by atoms with van der Waals surface area (Å²) < 4.78 is 60.3. The second-order valence-corrected chi connectivity index (χ2v) is 5.98. The predicted octanol–water partition coefficient (Wildman–Crippen LogP) is 5.65. The Bertz CT molecular complexity index is 852. The monoisotopic (exact) mass is 418 g/mol. The lowest BCUT2D eigenvalue weighted by molar-refractivity contribution is -0.139. The summed E-state index contributed by atoms with van der Waals surface area (Å²) >= 11 is 6.05. The topological polar surface area (TPSA) is 54.0 Å². The van der Waals surface area contributed by atoms with Gasteiger partial charge in [-0.3, -0.25) is 0 Å². The molecule has 0 saturated carbocycles. The van der Waals surface area contributed by atoms with Gasteiger partial charge in [0, 0.05) is 5.02 Å². The minimum absolute atomic E-state index is 0.0380. The number of carbonyl (C=O) groups is 1. The molecule has 28 heavy (non-hydrogen) atoms. The van der Waals surface area contributed by atoms with Gasteiger partial charge >= 0.3 is 12.3 Å². The van der Waals surface area contributed by atoms with E-state index >= 15 is 0 Å². The van der Waals surface area contributed by atoms with Crippen LogP contribution < -0.4 is 14.2 Å². The van der Waals surface area contributed by atoms with Crippen LogP contribution in [0.1, 0.15) is 23.6 Å². The molecule has 0 heterocycles. The minimum Gasteiger partial charge on any atom is -0.496 e. The molecular weight excluding hydrogens is 401 g/mol. The Labute approximate surface area is 164 Å². The first-order valence-electron chi connectivity index (χ1n) is 8.15. The van der Waals surface area contributed by atoms with E-state index in [0.717, 1.165) is 19.2 Å². The summed E-state index contributed by atoms with van der Waals surface area (Å²) in [7, 11) is 2.50. The summed E-state index contributed by atoms with van der Waals surface area (Å²) in [6.07, 6.45) is -5.28. The number of halogens is 4. The molecule has 0 spiro atoms. The molecule has 5 nitrogen and oxygen atoms in total. The minimum atomic E-state index is -4.63. The Morgan fingerprint density at radius 3 is 2.36 bits per heavy atom. The van der Waals surface area contributed by atoms with Crippen LogP contribution in [0.3, 0.4) is 0 Å². The second-order valence-electron chi connectivity index (χ2n) is 5.57. The van der Waals surface area contributed by atoms with E-state index in [1.54, 1.807) is 19.1 Å². The van der Waals surface area contributed by atoms with Crippen molar-refractivity contribution in [2.75, 3.05) is 14.2 Å². The molecule has 0 saturated heterocycles. The van der Waals surface area contributed by atoms with E-state index in [-0.39, 0.29) is 28.7 Å². The van der Waals surface area contributed by atoms with E-state index < -0.39 is 23.6 Å². The van der Waals surface area contributed by atoms with Gasteiger partial charge in [0.05, 0.1) is 25.3 Å². The number of hydrogen-bond acceptors (Lipinski definition) is 5. The van der Waals surface area contributed by atoms with E-state index in [1.165, 1.54) is 13.2 Å². The first-order chi connectivity index (χ1) is 13.2. The van der Waals surface area contributed by atoms with Crippen LogP contribution in [0, 0.1) is 0 Å². The number of methoxy groups -OCH3 is 2. The maximum atomic E-state index is 13.4. The average molecular weight is 419 g/mol. The highest BCUT2D eigenvalue weighted by Gasteiger charge is 2.35. The molecule has 0 aliphatic heterocycles. The van der Waals surface area contributed by atoms with E-state index in [2.05, 4.69) is 4.74 Å². The molecule has 0 aliphatic rings. The van der Waals surface area contributed by atoms with Crippen LogP contribution >= 0.6 is 11.6 Å². The van der Waals surface area contributed by atoms with Crippen LogP contribution in [0.25, 0.3) is 0 Å². The van der Waals surface area contributed by atoms with Crippen LogP contribution in [0.15, 0.2) is 30.3 Å². The lowest BCUT2D eigenvalue weighted by Crippen LogP contribution is -2.12. The van der Waals surface area contributed by atoms with Gasteiger partial charge in [0.25, 0.3) is 0 Å². The SMILES string of the molecule is CCc1cc(C(F)(F)F)c(OCc2c(OC)cccc2OC(=O)OC)cc1Cl. The fourth-order valence-electron chi connectivity index (χ4n) is 2.47. The van der Waals surface area contributed by atoms with Gasteiger partial charge in [-0.2, -0.15) is 13.2 Å². The average Bonchev–Trinajstić information content (AvgIpc) is 2.65. The number of alkyl halides is 3. The van der Waals surface area contributed by atoms with Gasteiger partial charge in [-0.15, -0.1) is 0 Å². The predicted molar refractivity (Wildman–Crippen MR) is 96.2 cm³/mol. The summed E-state index contributed by atoms with van der Waals surface area (Å²) in [5.74, 6) is -0.133. The Morgan fingerprint density at radius 1 is 1.11 bits per heavy atom. The molecule has 0 radical (unpaired) electrons. The van der Waals surface area contributed by atoms with Crippen LogP contribution in [-0.2, 0) is 23.9 Å². The zero-order valence-electron chi connectivity index (χ0n) is 15.4.